The van der Waals surface area contributed by atoms with Crippen LogP contribution in [0.5, 0.6) is 0 Å². The summed E-state index contributed by atoms with van der Waals surface area (Å²) in [6.45, 7) is 12.7. The predicted octanol–water partition coefficient (Wildman–Crippen LogP) is 3.13. The molecule has 0 aromatic carbocycles. The number of rotatable bonds is 2. The molecule has 1 heterocycles. The highest BCUT2D eigenvalue weighted by Gasteiger charge is 2.62. The van der Waals surface area contributed by atoms with E-state index in [-0.39, 0.29) is 22.5 Å². The summed E-state index contributed by atoms with van der Waals surface area (Å²) in [4.78, 5) is 0. The van der Waals surface area contributed by atoms with Crippen molar-refractivity contribution in [3.8, 4) is 0 Å². The first-order valence-electron chi connectivity index (χ1n) is 6.43. The van der Waals surface area contributed by atoms with Gasteiger partial charge in [-0.25, -0.2) is 0 Å². The van der Waals surface area contributed by atoms with E-state index in [1.807, 2.05) is 6.92 Å². The average molecular weight is 226 g/mol. The van der Waals surface area contributed by atoms with Gasteiger partial charge in [0.2, 0.25) is 0 Å². The van der Waals surface area contributed by atoms with E-state index in [1.165, 1.54) is 0 Å². The van der Waals surface area contributed by atoms with Crippen LogP contribution in [0.25, 0.3) is 0 Å². The lowest BCUT2D eigenvalue weighted by molar-refractivity contribution is -0.129. The summed E-state index contributed by atoms with van der Waals surface area (Å²) in [5, 5.41) is 10.9. The van der Waals surface area contributed by atoms with Gasteiger partial charge in [0.1, 0.15) is 0 Å². The zero-order valence-electron chi connectivity index (χ0n) is 11.6. The van der Waals surface area contributed by atoms with E-state index in [0.717, 1.165) is 19.3 Å². The summed E-state index contributed by atoms with van der Waals surface area (Å²) in [5.41, 5.74) is -0.828. The second-order valence-corrected chi connectivity index (χ2v) is 7.43. The van der Waals surface area contributed by atoms with Crippen LogP contribution in [-0.4, -0.2) is 21.9 Å². The summed E-state index contributed by atoms with van der Waals surface area (Å²) in [5.74, 6) is 0.225. The number of ether oxygens (including phenoxy) is 1. The van der Waals surface area contributed by atoms with Gasteiger partial charge in [-0.05, 0) is 59.3 Å². The van der Waals surface area contributed by atoms with E-state index >= 15 is 0 Å². The normalized spacial score (nSPS) is 38.1. The largest absolute Gasteiger partial charge is 0.389 e. The van der Waals surface area contributed by atoms with E-state index in [2.05, 4.69) is 34.6 Å². The zero-order valence-corrected chi connectivity index (χ0v) is 11.6. The third-order valence-corrected chi connectivity index (χ3v) is 4.97. The molecule has 2 aliphatic rings. The highest BCUT2D eigenvalue weighted by molar-refractivity contribution is 5.12. The topological polar surface area (TPSA) is 29.5 Å². The highest BCUT2D eigenvalue weighted by atomic mass is 16.5. The minimum Gasteiger partial charge on any atom is -0.389 e. The summed E-state index contributed by atoms with van der Waals surface area (Å²) in [6.07, 6.45) is 3.24. The van der Waals surface area contributed by atoms with Gasteiger partial charge in [0.05, 0.1) is 16.8 Å². The van der Waals surface area contributed by atoms with Crippen LogP contribution in [0.15, 0.2) is 0 Å². The molecule has 1 saturated carbocycles. The van der Waals surface area contributed by atoms with Crippen LogP contribution in [0.1, 0.15) is 60.8 Å². The molecule has 0 aromatic heterocycles. The lowest BCUT2D eigenvalue weighted by atomic mass is 9.68. The monoisotopic (exact) mass is 226 g/mol. The quantitative estimate of drug-likeness (QED) is 0.784. The molecule has 0 spiro atoms. The third kappa shape index (κ3) is 1.70. The SMILES string of the molecule is CC1(C)CC(C(C)(O)C2(C)CC2)C(C)(C)O1. The van der Waals surface area contributed by atoms with Gasteiger partial charge in [-0.3, -0.25) is 0 Å². The molecule has 0 bridgehead atoms. The van der Waals surface area contributed by atoms with Gasteiger partial charge in [0.25, 0.3) is 0 Å². The van der Waals surface area contributed by atoms with Crippen molar-refractivity contribution in [1.29, 1.82) is 0 Å². The van der Waals surface area contributed by atoms with Crippen LogP contribution in [0.2, 0.25) is 0 Å². The number of hydrogen-bond donors (Lipinski definition) is 1. The van der Waals surface area contributed by atoms with Crippen molar-refractivity contribution < 1.29 is 9.84 Å². The highest BCUT2D eigenvalue weighted by Crippen LogP contribution is 2.61. The van der Waals surface area contributed by atoms with Gasteiger partial charge >= 0.3 is 0 Å². The molecular formula is C14H26O2. The molecule has 2 atom stereocenters. The molecule has 1 saturated heterocycles. The maximum absolute atomic E-state index is 10.9. The average Bonchev–Trinajstić information content (AvgIpc) is 2.73. The molecule has 16 heavy (non-hydrogen) atoms. The summed E-state index contributed by atoms with van der Waals surface area (Å²) < 4.78 is 6.10. The van der Waals surface area contributed by atoms with E-state index in [0.29, 0.717) is 0 Å². The maximum atomic E-state index is 10.9. The van der Waals surface area contributed by atoms with Crippen molar-refractivity contribution in [2.45, 2.75) is 77.6 Å². The van der Waals surface area contributed by atoms with Gasteiger partial charge in [-0.2, -0.15) is 0 Å². The minimum absolute atomic E-state index is 0.108. The Morgan fingerprint density at radius 3 is 1.94 bits per heavy atom. The van der Waals surface area contributed by atoms with E-state index in [9.17, 15) is 5.11 Å². The molecule has 1 aliphatic heterocycles. The molecule has 1 N–H and O–H groups in total. The van der Waals surface area contributed by atoms with Gasteiger partial charge < -0.3 is 9.84 Å². The first-order chi connectivity index (χ1) is 7.00. The van der Waals surface area contributed by atoms with Crippen LogP contribution < -0.4 is 0 Å². The Kier molecular flexibility index (Phi) is 2.34. The van der Waals surface area contributed by atoms with Crippen molar-refractivity contribution in [2.75, 3.05) is 0 Å². The number of aliphatic hydroxyl groups is 1. The van der Waals surface area contributed by atoms with Crippen LogP contribution in [-0.2, 0) is 4.74 Å². The van der Waals surface area contributed by atoms with Crippen molar-refractivity contribution >= 4 is 0 Å². The molecule has 0 aromatic rings. The lowest BCUT2D eigenvalue weighted by Gasteiger charge is -2.42. The maximum Gasteiger partial charge on any atom is 0.0729 e. The molecule has 2 rings (SSSR count). The van der Waals surface area contributed by atoms with Crippen molar-refractivity contribution in [3.05, 3.63) is 0 Å². The molecule has 94 valence electrons. The Morgan fingerprint density at radius 2 is 1.62 bits per heavy atom. The first kappa shape index (κ1) is 12.4. The molecule has 0 radical (unpaired) electrons. The Morgan fingerprint density at radius 1 is 1.12 bits per heavy atom. The molecule has 2 nitrogen and oxygen atoms in total. The van der Waals surface area contributed by atoms with Crippen molar-refractivity contribution in [3.63, 3.8) is 0 Å². The van der Waals surface area contributed by atoms with E-state index in [1.54, 1.807) is 0 Å². The van der Waals surface area contributed by atoms with Gasteiger partial charge in [-0.1, -0.05) is 6.92 Å². The molecule has 2 unspecified atom stereocenters. The fraction of sp³-hybridized carbons (Fsp3) is 1.00. The van der Waals surface area contributed by atoms with E-state index in [4.69, 9.17) is 4.74 Å². The lowest BCUT2D eigenvalue weighted by Crippen LogP contribution is -2.49. The van der Waals surface area contributed by atoms with Crippen molar-refractivity contribution in [2.24, 2.45) is 11.3 Å². The summed E-state index contributed by atoms with van der Waals surface area (Å²) in [6, 6.07) is 0. The Labute approximate surface area is 99.4 Å². The Bertz CT molecular complexity index is 298. The molecule has 2 fully saturated rings. The first-order valence-corrected chi connectivity index (χ1v) is 6.43. The van der Waals surface area contributed by atoms with Crippen LogP contribution >= 0.6 is 0 Å². The van der Waals surface area contributed by atoms with E-state index < -0.39 is 5.60 Å². The summed E-state index contributed by atoms with van der Waals surface area (Å²) >= 11 is 0. The van der Waals surface area contributed by atoms with Crippen LogP contribution in [0, 0.1) is 11.3 Å². The summed E-state index contributed by atoms with van der Waals surface area (Å²) in [7, 11) is 0. The standard InChI is InChI=1S/C14H26O2/c1-11(2)9-10(12(3,4)16-11)14(6,15)13(5)7-8-13/h10,15H,7-9H2,1-6H3. The third-order valence-electron chi connectivity index (χ3n) is 4.97. The zero-order chi connectivity index (χ0) is 12.4. The smallest absolute Gasteiger partial charge is 0.0729 e. The molecule has 0 amide bonds. The van der Waals surface area contributed by atoms with Crippen LogP contribution in [0.3, 0.4) is 0 Å². The second-order valence-electron chi connectivity index (χ2n) is 7.43. The molecule has 2 heteroatoms. The predicted molar refractivity (Wildman–Crippen MR) is 65.3 cm³/mol. The van der Waals surface area contributed by atoms with Crippen LogP contribution in [0.4, 0.5) is 0 Å². The fourth-order valence-corrected chi connectivity index (χ4v) is 3.55. The number of hydrogen-bond acceptors (Lipinski definition) is 2. The Hall–Kier alpha value is -0.0800. The van der Waals surface area contributed by atoms with Gasteiger partial charge in [-0.15, -0.1) is 0 Å². The minimum atomic E-state index is -0.607. The molecular weight excluding hydrogens is 200 g/mol. The Balaban J connectivity index is 2.27. The fourth-order valence-electron chi connectivity index (χ4n) is 3.55. The van der Waals surface area contributed by atoms with Gasteiger partial charge in [0.15, 0.2) is 0 Å². The van der Waals surface area contributed by atoms with Gasteiger partial charge in [0, 0.05) is 5.92 Å². The molecule has 1 aliphatic carbocycles. The van der Waals surface area contributed by atoms with Crippen molar-refractivity contribution in [1.82, 2.24) is 0 Å². The second kappa shape index (κ2) is 3.02.